The average molecular weight is 414 g/mol. The molecule has 0 amide bonds. The molecule has 1 aliphatic carbocycles. The molecule has 6 heteroatoms. The van der Waals surface area contributed by atoms with E-state index in [0.29, 0.717) is 13.0 Å². The van der Waals surface area contributed by atoms with Crippen molar-refractivity contribution in [1.82, 2.24) is 0 Å². The number of amidine groups is 1. The van der Waals surface area contributed by atoms with Gasteiger partial charge in [0.1, 0.15) is 0 Å². The summed E-state index contributed by atoms with van der Waals surface area (Å²) in [7, 11) is 0. The van der Waals surface area contributed by atoms with Gasteiger partial charge in [0, 0.05) is 34.8 Å². The number of hydrogen-bond acceptors (Lipinski definition) is 4. The van der Waals surface area contributed by atoms with Gasteiger partial charge in [0.25, 0.3) is 0 Å². The highest BCUT2D eigenvalue weighted by atomic mass is 35.5. The van der Waals surface area contributed by atoms with Crippen LogP contribution in [0, 0.1) is 16.5 Å². The molecular formula is C23H32ClN5. The fraction of sp³-hybridized carbons (Fsp3) is 0.435. The standard InChI is InChI=1S/C23H30ClN3.H2N2/c1-4-16(3)22-18(5-2)23(12-7-6-8-13-23)19-15-17(24)9-10-20(19)27(22)14-11-21(25)26;1-2/h5,9-10,15H,2-4,6-8,11-14H2,1H3,(H3,25,26);1-2H. The predicted molar refractivity (Wildman–Crippen MR) is 122 cm³/mol. The molecule has 0 radical (unpaired) electrons. The summed E-state index contributed by atoms with van der Waals surface area (Å²) in [6.07, 6.45) is 9.35. The molecule has 0 aromatic heterocycles. The molecule has 29 heavy (non-hydrogen) atoms. The van der Waals surface area contributed by atoms with Gasteiger partial charge in [-0.25, -0.2) is 11.1 Å². The first-order chi connectivity index (χ1) is 13.9. The highest BCUT2D eigenvalue weighted by Crippen LogP contribution is 2.54. The number of allylic oxidation sites excluding steroid dienone is 3. The third-order valence-electron chi connectivity index (χ3n) is 6.08. The monoisotopic (exact) mass is 413 g/mol. The number of nitrogens with one attached hydrogen (secondary N) is 3. The maximum absolute atomic E-state index is 7.70. The predicted octanol–water partition coefficient (Wildman–Crippen LogP) is 6.69. The second kappa shape index (κ2) is 9.88. The lowest BCUT2D eigenvalue weighted by atomic mass is 9.62. The Morgan fingerprint density at radius 1 is 1.28 bits per heavy atom. The topological polar surface area (TPSA) is 101 Å². The Balaban J connectivity index is 0.00000145. The highest BCUT2D eigenvalue weighted by molar-refractivity contribution is 6.30. The Labute approximate surface area is 179 Å². The molecule has 1 aromatic rings. The minimum atomic E-state index is -0.0413. The molecule has 2 aliphatic rings. The van der Waals surface area contributed by atoms with Gasteiger partial charge in [-0.3, -0.25) is 5.41 Å². The fourth-order valence-corrected chi connectivity index (χ4v) is 4.94. The van der Waals surface area contributed by atoms with Gasteiger partial charge in [-0.2, -0.15) is 0 Å². The Bertz CT molecular complexity index is 821. The number of hydrogen-bond donors (Lipinski definition) is 4. The number of nitrogens with two attached hydrogens (primary N) is 1. The van der Waals surface area contributed by atoms with Gasteiger partial charge < -0.3 is 10.6 Å². The van der Waals surface area contributed by atoms with Crippen LogP contribution in [-0.2, 0) is 5.41 Å². The van der Waals surface area contributed by atoms with Crippen molar-refractivity contribution >= 4 is 23.1 Å². The smallest absolute Gasteiger partial charge is 0.0923 e. The summed E-state index contributed by atoms with van der Waals surface area (Å²) in [5.41, 5.74) is 21.7. The number of nitrogens with zero attached hydrogens (tertiary/aromatic N) is 1. The summed E-state index contributed by atoms with van der Waals surface area (Å²) in [5, 5.41) is 8.47. The van der Waals surface area contributed by atoms with Gasteiger partial charge in [0.05, 0.1) is 5.84 Å². The number of fused-ring (bicyclic) bond motifs is 2. The number of anilines is 1. The third-order valence-corrected chi connectivity index (χ3v) is 6.32. The first-order valence-electron chi connectivity index (χ1n) is 10.2. The van der Waals surface area contributed by atoms with E-state index in [4.69, 9.17) is 33.8 Å². The molecule has 1 fully saturated rings. The van der Waals surface area contributed by atoms with E-state index < -0.39 is 0 Å². The van der Waals surface area contributed by atoms with Crippen molar-refractivity contribution in [3.8, 4) is 0 Å². The van der Waals surface area contributed by atoms with E-state index in [1.54, 1.807) is 0 Å². The number of halogens is 1. The largest absolute Gasteiger partial charge is 0.388 e. The molecule has 0 atom stereocenters. The normalized spacial score (nSPS) is 17.2. The lowest BCUT2D eigenvalue weighted by Crippen LogP contribution is -2.42. The summed E-state index contributed by atoms with van der Waals surface area (Å²) < 4.78 is 0. The zero-order chi connectivity index (χ0) is 21.6. The van der Waals surface area contributed by atoms with E-state index in [1.807, 2.05) is 12.1 Å². The van der Waals surface area contributed by atoms with Gasteiger partial charge in [0.2, 0.25) is 0 Å². The van der Waals surface area contributed by atoms with Crippen LogP contribution in [0.1, 0.15) is 57.4 Å². The Morgan fingerprint density at radius 3 is 2.48 bits per heavy atom. The van der Waals surface area contributed by atoms with E-state index in [0.717, 1.165) is 29.9 Å². The van der Waals surface area contributed by atoms with Crippen LogP contribution in [0.4, 0.5) is 5.69 Å². The highest BCUT2D eigenvalue weighted by Gasteiger charge is 2.44. The Hall–Kier alpha value is -2.40. The first-order valence-corrected chi connectivity index (χ1v) is 10.5. The van der Waals surface area contributed by atoms with Crippen LogP contribution in [0.2, 0.25) is 5.02 Å². The molecule has 0 bridgehead atoms. The van der Waals surface area contributed by atoms with Gasteiger partial charge in [0.15, 0.2) is 0 Å². The molecule has 1 saturated carbocycles. The van der Waals surface area contributed by atoms with Gasteiger partial charge in [-0.1, -0.05) is 57.0 Å². The molecular weight excluding hydrogens is 382 g/mol. The Kier molecular flexibility index (Phi) is 7.80. The molecule has 156 valence electrons. The van der Waals surface area contributed by atoms with Crippen LogP contribution in [-0.4, -0.2) is 12.4 Å². The summed E-state index contributed by atoms with van der Waals surface area (Å²) >= 11 is 6.44. The van der Waals surface area contributed by atoms with Gasteiger partial charge in [-0.05, 0) is 54.2 Å². The van der Waals surface area contributed by atoms with Crippen molar-refractivity contribution < 1.29 is 0 Å². The van der Waals surface area contributed by atoms with Crippen LogP contribution < -0.4 is 10.6 Å². The van der Waals surface area contributed by atoms with Crippen LogP contribution >= 0.6 is 11.6 Å². The summed E-state index contributed by atoms with van der Waals surface area (Å²) in [5.74, 6) is 0.199. The zero-order valence-corrected chi connectivity index (χ0v) is 18.0. The van der Waals surface area contributed by atoms with Crippen molar-refractivity contribution in [3.05, 3.63) is 64.9 Å². The van der Waals surface area contributed by atoms with Gasteiger partial charge in [-0.15, -0.1) is 0 Å². The Morgan fingerprint density at radius 2 is 1.93 bits per heavy atom. The third kappa shape index (κ3) is 4.30. The molecule has 0 saturated heterocycles. The van der Waals surface area contributed by atoms with Crippen LogP contribution in [0.25, 0.3) is 0 Å². The molecule has 1 heterocycles. The summed E-state index contributed by atoms with van der Waals surface area (Å²) in [6, 6.07) is 6.22. The minimum Gasteiger partial charge on any atom is -0.388 e. The van der Waals surface area contributed by atoms with E-state index in [1.165, 1.54) is 41.8 Å². The molecule has 3 rings (SSSR count). The van der Waals surface area contributed by atoms with Crippen LogP contribution in [0.5, 0.6) is 0 Å². The molecule has 5 nitrogen and oxygen atoms in total. The number of benzene rings is 1. The van der Waals surface area contributed by atoms with Gasteiger partial charge >= 0.3 is 0 Å². The lowest BCUT2D eigenvalue weighted by Gasteiger charge is -2.49. The zero-order valence-electron chi connectivity index (χ0n) is 17.3. The van der Waals surface area contributed by atoms with E-state index in [-0.39, 0.29) is 11.3 Å². The molecule has 1 aromatic carbocycles. The average Bonchev–Trinajstić information content (AvgIpc) is 2.74. The minimum absolute atomic E-state index is 0.0413. The number of rotatable bonds is 6. The first kappa shape index (κ1) is 22.9. The van der Waals surface area contributed by atoms with Crippen molar-refractivity contribution in [2.24, 2.45) is 5.73 Å². The van der Waals surface area contributed by atoms with Crippen LogP contribution in [0.15, 0.2) is 54.3 Å². The molecule has 1 spiro atoms. The van der Waals surface area contributed by atoms with Crippen molar-refractivity contribution in [2.75, 3.05) is 11.4 Å². The maximum Gasteiger partial charge on any atom is 0.0923 e. The van der Waals surface area contributed by atoms with E-state index >= 15 is 0 Å². The van der Waals surface area contributed by atoms with Crippen molar-refractivity contribution in [1.29, 1.82) is 16.5 Å². The second-order valence-corrected chi connectivity index (χ2v) is 8.09. The lowest BCUT2D eigenvalue weighted by molar-refractivity contribution is 0.339. The fourth-order valence-electron chi connectivity index (χ4n) is 4.76. The van der Waals surface area contributed by atoms with Crippen molar-refractivity contribution in [2.45, 2.75) is 57.3 Å². The molecule has 0 unspecified atom stereocenters. The quantitative estimate of drug-likeness (QED) is 0.237. The second-order valence-electron chi connectivity index (χ2n) is 7.65. The summed E-state index contributed by atoms with van der Waals surface area (Å²) in [4.78, 5) is 2.29. The molecule has 1 aliphatic heterocycles. The van der Waals surface area contributed by atoms with E-state index in [2.05, 4.69) is 37.1 Å². The SMILES string of the molecule is C=CC1=C(C(=C)CC)N(CCC(=N)N)c2ccc(Cl)cc2C12CCCCC2.N=N. The van der Waals surface area contributed by atoms with Crippen LogP contribution in [0.3, 0.4) is 0 Å². The van der Waals surface area contributed by atoms with E-state index in [9.17, 15) is 0 Å². The summed E-state index contributed by atoms with van der Waals surface area (Å²) in [6.45, 7) is 11.4. The van der Waals surface area contributed by atoms with Crippen molar-refractivity contribution in [3.63, 3.8) is 0 Å². The maximum atomic E-state index is 7.70. The molecule has 5 N–H and O–H groups in total.